The van der Waals surface area contributed by atoms with Crippen molar-refractivity contribution in [1.29, 1.82) is 0 Å². The monoisotopic (exact) mass is 769 g/mol. The summed E-state index contributed by atoms with van der Waals surface area (Å²) in [5, 5.41) is 13.2. The van der Waals surface area contributed by atoms with Gasteiger partial charge in [0.15, 0.2) is 11.4 Å². The van der Waals surface area contributed by atoms with Gasteiger partial charge < -0.3 is 25.2 Å². The van der Waals surface area contributed by atoms with Crippen molar-refractivity contribution in [2.75, 3.05) is 19.6 Å². The van der Waals surface area contributed by atoms with Gasteiger partial charge in [-0.05, 0) is 137 Å². The van der Waals surface area contributed by atoms with Gasteiger partial charge >= 0.3 is 11.9 Å². The molecule has 1 aromatic rings. The van der Waals surface area contributed by atoms with E-state index in [0.29, 0.717) is 78.8 Å². The van der Waals surface area contributed by atoms with Crippen LogP contribution in [0.15, 0.2) is 64.3 Å². The molecule has 0 aromatic heterocycles. The third-order valence-electron chi connectivity index (χ3n) is 19.3. The first kappa shape index (κ1) is 34.5. The second-order valence-electron chi connectivity index (χ2n) is 21.1. The standard InChI is InChI=1S/C49H59N3O5/c1-24-9-10-28-21-34-25(2)19-29-11-13-37-30-20-31-23-52(37)42(29)40(34)33-15-16-47-44(43(53)32-12-14-36(31)51(22-30)26(32)3)56-46(55)48(47,41(28)33)38(18-24)49(47)35-8-4-6-27(7-5-17-50)39(35)45(54)57-49/h4,6,8-10,24-26,28,30-32,34,36-38,40,53H,5,7,11-23,50H2,1-3H3. The van der Waals surface area contributed by atoms with Crippen LogP contribution < -0.4 is 5.73 Å². The lowest BCUT2D eigenvalue weighted by atomic mass is 9.27. The molecule has 0 amide bonds. The summed E-state index contributed by atoms with van der Waals surface area (Å²) in [5.41, 5.74) is 11.6. The number of carbonyl (C=O) groups is 2. The SMILES string of the molecule is CC1C=CC2CC3C(C)CC4=C5C3C3=C2C26C(=O)OC(=C(O)C7CCC8C9CC(CN8C7C)C(CC4)N5C9)C2(CC3)C2(OC(=O)c3c(CCCN)cccc32)C6C1. The van der Waals surface area contributed by atoms with E-state index in [2.05, 4.69) is 60.9 Å². The highest BCUT2D eigenvalue weighted by Gasteiger charge is 2.94. The van der Waals surface area contributed by atoms with E-state index in [4.69, 9.17) is 15.2 Å². The largest absolute Gasteiger partial charge is 0.508 e. The van der Waals surface area contributed by atoms with Crippen molar-refractivity contribution in [1.82, 2.24) is 9.80 Å². The zero-order valence-corrected chi connectivity index (χ0v) is 34.0. The predicted molar refractivity (Wildman–Crippen MR) is 214 cm³/mol. The molecule has 1 saturated carbocycles. The van der Waals surface area contributed by atoms with E-state index in [0.717, 1.165) is 56.3 Å². The van der Waals surface area contributed by atoms with E-state index in [-0.39, 0.29) is 47.4 Å². The maximum atomic E-state index is 15.8. The van der Waals surface area contributed by atoms with Crippen LogP contribution in [-0.2, 0) is 26.3 Å². The molecule has 1 aromatic carbocycles. The molecule has 3 N–H and O–H groups in total. The average Bonchev–Trinajstić information content (AvgIpc) is 3.66. The van der Waals surface area contributed by atoms with Gasteiger partial charge in [-0.3, -0.25) is 9.69 Å². The second-order valence-corrected chi connectivity index (χ2v) is 21.1. The number of aliphatic hydroxyl groups excluding tert-OH is 1. The van der Waals surface area contributed by atoms with Gasteiger partial charge in [-0.2, -0.15) is 0 Å². The normalized spacial score (nSPS) is 48.9. The molecule has 10 bridgehead atoms. The van der Waals surface area contributed by atoms with Gasteiger partial charge in [0.1, 0.15) is 11.2 Å². The summed E-state index contributed by atoms with van der Waals surface area (Å²) in [6.45, 7) is 9.90. The third-order valence-corrected chi connectivity index (χ3v) is 19.3. The molecule has 16 unspecified atom stereocenters. The summed E-state index contributed by atoms with van der Waals surface area (Å²) < 4.78 is 14.1. The summed E-state index contributed by atoms with van der Waals surface area (Å²) in [5.74, 6) is 2.68. The molecule has 5 aliphatic carbocycles. The van der Waals surface area contributed by atoms with E-state index in [1.165, 1.54) is 36.8 Å². The highest BCUT2D eigenvalue weighted by atomic mass is 16.6. The molecule has 14 rings (SSSR count). The first-order valence-electron chi connectivity index (χ1n) is 23.0. The van der Waals surface area contributed by atoms with Crippen LogP contribution in [0.2, 0.25) is 0 Å². The number of nitrogens with two attached hydrogens (primary N) is 1. The minimum Gasteiger partial charge on any atom is -0.508 e. The van der Waals surface area contributed by atoms with Crippen LogP contribution in [0.4, 0.5) is 0 Å². The molecular formula is C49H59N3O5. The highest BCUT2D eigenvalue weighted by Crippen LogP contribution is 2.88. The van der Waals surface area contributed by atoms with Gasteiger partial charge in [0.2, 0.25) is 0 Å². The summed E-state index contributed by atoms with van der Waals surface area (Å²) in [6, 6.07) is 7.44. The minimum absolute atomic E-state index is 0.104. The molecule has 8 aliphatic heterocycles. The molecule has 0 radical (unpaired) electrons. The van der Waals surface area contributed by atoms with Crippen molar-refractivity contribution in [3.05, 3.63) is 81.0 Å². The molecular weight excluding hydrogens is 711 g/mol. The molecule has 8 heteroatoms. The molecule has 5 fully saturated rings. The third kappa shape index (κ3) is 3.71. The van der Waals surface area contributed by atoms with Crippen molar-refractivity contribution in [2.45, 2.75) is 122 Å². The zero-order chi connectivity index (χ0) is 38.5. The van der Waals surface area contributed by atoms with Crippen LogP contribution in [-0.4, -0.2) is 64.6 Å². The Labute approximate surface area is 336 Å². The predicted octanol–water partition coefficient (Wildman–Crippen LogP) is 7.70. The number of carbonyl (C=O) groups excluding carboxylic acids is 2. The molecule has 13 aliphatic rings. The van der Waals surface area contributed by atoms with E-state index < -0.39 is 16.4 Å². The smallest absolute Gasteiger partial charge is 0.339 e. The van der Waals surface area contributed by atoms with Gasteiger partial charge in [0.05, 0.1) is 11.0 Å². The first-order valence-corrected chi connectivity index (χ1v) is 23.0. The van der Waals surface area contributed by atoms with Crippen LogP contribution in [0.3, 0.4) is 0 Å². The minimum atomic E-state index is -1.12. The number of aryl methyl sites for hydroxylation is 1. The van der Waals surface area contributed by atoms with E-state index >= 15 is 4.79 Å². The van der Waals surface area contributed by atoms with Crippen molar-refractivity contribution in [3.8, 4) is 0 Å². The number of piperidine rings is 3. The molecule has 8 heterocycles. The Hall–Kier alpha value is -3.36. The number of fused-ring (bicyclic) bond motifs is 4. The molecule has 300 valence electrons. The number of hydrogen-bond acceptors (Lipinski definition) is 8. The van der Waals surface area contributed by atoms with Gasteiger partial charge in [-0.1, -0.05) is 55.3 Å². The number of allylic oxidation sites excluding steroid dienone is 4. The number of ether oxygens (including phenoxy) is 2. The van der Waals surface area contributed by atoms with Crippen LogP contribution >= 0.6 is 0 Å². The molecule has 3 spiro atoms. The van der Waals surface area contributed by atoms with E-state index in [1.807, 2.05) is 0 Å². The van der Waals surface area contributed by atoms with Crippen LogP contribution in [0.1, 0.15) is 113 Å². The Morgan fingerprint density at radius 1 is 0.982 bits per heavy atom. The maximum Gasteiger partial charge on any atom is 0.339 e. The van der Waals surface area contributed by atoms with Crippen molar-refractivity contribution in [3.63, 3.8) is 0 Å². The highest BCUT2D eigenvalue weighted by molar-refractivity contribution is 6.00. The molecule has 57 heavy (non-hydrogen) atoms. The van der Waals surface area contributed by atoms with Gasteiger partial charge in [0.25, 0.3) is 0 Å². The fourth-order valence-corrected chi connectivity index (χ4v) is 17.5. The number of nitrogens with zero attached hydrogens (tertiary/aromatic N) is 2. The molecule has 4 saturated heterocycles. The van der Waals surface area contributed by atoms with Crippen molar-refractivity contribution < 1.29 is 24.2 Å². The lowest BCUT2D eigenvalue weighted by molar-refractivity contribution is -0.281. The lowest BCUT2D eigenvalue weighted by Crippen LogP contribution is -2.78. The number of hydrogen-bond donors (Lipinski definition) is 2. The topological polar surface area (TPSA) is 105 Å². The summed E-state index contributed by atoms with van der Waals surface area (Å²) in [6.07, 6.45) is 16.4. The quantitative estimate of drug-likeness (QED) is 0.238. The number of esters is 2. The number of rotatable bonds is 3. The Kier molecular flexibility index (Phi) is 6.82. The van der Waals surface area contributed by atoms with Gasteiger partial charge in [-0.25, -0.2) is 4.79 Å². The number of aliphatic hydroxyl groups is 1. The van der Waals surface area contributed by atoms with Crippen molar-refractivity contribution in [2.24, 2.45) is 69.8 Å². The van der Waals surface area contributed by atoms with Gasteiger partial charge in [-0.15, -0.1) is 0 Å². The summed E-state index contributed by atoms with van der Waals surface area (Å²) in [4.78, 5) is 36.3. The fraction of sp³-hybridized carbons (Fsp3) is 0.673. The molecule has 8 nitrogen and oxygen atoms in total. The molecule has 16 atom stereocenters. The van der Waals surface area contributed by atoms with Crippen LogP contribution in [0.25, 0.3) is 0 Å². The first-order chi connectivity index (χ1) is 27.6. The van der Waals surface area contributed by atoms with Crippen LogP contribution in [0, 0.1) is 64.1 Å². The van der Waals surface area contributed by atoms with Gasteiger partial charge in [0, 0.05) is 60.2 Å². The number of benzene rings is 1. The van der Waals surface area contributed by atoms with E-state index in [9.17, 15) is 9.90 Å². The lowest BCUT2D eigenvalue weighted by Gasteiger charge is -2.73. The zero-order valence-electron chi connectivity index (χ0n) is 34.0. The van der Waals surface area contributed by atoms with Crippen LogP contribution in [0.5, 0.6) is 0 Å². The Bertz CT molecular complexity index is 2190. The average molecular weight is 770 g/mol. The Balaban J connectivity index is 1.14. The second kappa shape index (κ2) is 11.3. The Morgan fingerprint density at radius 2 is 1.84 bits per heavy atom. The maximum absolute atomic E-state index is 15.8. The Morgan fingerprint density at radius 3 is 2.70 bits per heavy atom. The summed E-state index contributed by atoms with van der Waals surface area (Å²) >= 11 is 0. The summed E-state index contributed by atoms with van der Waals surface area (Å²) in [7, 11) is 0. The fourth-order valence-electron chi connectivity index (χ4n) is 17.5. The van der Waals surface area contributed by atoms with E-state index in [1.54, 1.807) is 11.3 Å². The van der Waals surface area contributed by atoms with Crippen molar-refractivity contribution >= 4 is 11.9 Å².